The Balaban J connectivity index is 1.54. The number of rotatable bonds is 9. The molecule has 220 valence electrons. The molecule has 5 rings (SSSR count). The lowest BCUT2D eigenvalue weighted by Crippen LogP contribution is -2.41. The molecule has 0 spiro atoms. The van der Waals surface area contributed by atoms with Crippen molar-refractivity contribution in [2.45, 2.75) is 26.8 Å². The lowest BCUT2D eigenvalue weighted by molar-refractivity contribution is 0.0298. The summed E-state index contributed by atoms with van der Waals surface area (Å²) in [5.41, 5.74) is 1.48. The maximum absolute atomic E-state index is 14.4. The highest BCUT2D eigenvalue weighted by atomic mass is 19.1. The molecule has 2 N–H and O–H groups in total. The second-order valence-corrected chi connectivity index (χ2v) is 10.4. The van der Waals surface area contributed by atoms with Gasteiger partial charge in [-0.3, -0.25) is 14.3 Å². The minimum Gasteiger partial charge on any atom is -0.497 e. The summed E-state index contributed by atoms with van der Waals surface area (Å²) in [6.45, 7) is 6.17. The van der Waals surface area contributed by atoms with Crippen LogP contribution >= 0.6 is 0 Å². The number of anilines is 1. The molecule has 1 aliphatic rings. The van der Waals surface area contributed by atoms with Crippen molar-refractivity contribution in [1.82, 2.24) is 24.6 Å². The molecule has 1 fully saturated rings. The third-order valence-corrected chi connectivity index (χ3v) is 6.82. The molecule has 3 heterocycles. The van der Waals surface area contributed by atoms with E-state index in [2.05, 4.69) is 20.4 Å². The second kappa shape index (κ2) is 12.5. The maximum Gasteiger partial charge on any atom is 0.274 e. The van der Waals surface area contributed by atoms with Crippen LogP contribution in [0.1, 0.15) is 46.0 Å². The van der Waals surface area contributed by atoms with Crippen molar-refractivity contribution < 1.29 is 27.8 Å². The fraction of sp³-hybridized carbons (Fsp3) is 0.333. The van der Waals surface area contributed by atoms with Gasteiger partial charge in [-0.2, -0.15) is 5.10 Å². The summed E-state index contributed by atoms with van der Waals surface area (Å²) in [7, 11) is 1.58. The minimum atomic E-state index is -0.990. The smallest absolute Gasteiger partial charge is 0.274 e. The van der Waals surface area contributed by atoms with Gasteiger partial charge < -0.3 is 24.7 Å². The van der Waals surface area contributed by atoms with Gasteiger partial charge in [0.2, 0.25) is 0 Å². The average molecular weight is 579 g/mol. The molecule has 42 heavy (non-hydrogen) atoms. The predicted octanol–water partition coefficient (Wildman–Crippen LogP) is 4.53. The largest absolute Gasteiger partial charge is 0.497 e. The Kier molecular flexibility index (Phi) is 8.62. The third kappa shape index (κ3) is 6.33. The first-order valence-electron chi connectivity index (χ1n) is 13.7. The lowest BCUT2D eigenvalue weighted by Gasteiger charge is -2.26. The van der Waals surface area contributed by atoms with E-state index in [1.807, 2.05) is 38.1 Å². The van der Waals surface area contributed by atoms with Gasteiger partial charge in [0.15, 0.2) is 11.5 Å². The van der Waals surface area contributed by atoms with Crippen LogP contribution in [0.15, 0.2) is 48.7 Å². The number of ether oxygens (including phenoxy) is 2. The molecule has 2 aromatic heterocycles. The fourth-order valence-electron chi connectivity index (χ4n) is 4.76. The molecule has 1 saturated heterocycles. The van der Waals surface area contributed by atoms with E-state index in [-0.39, 0.29) is 34.7 Å². The van der Waals surface area contributed by atoms with Crippen LogP contribution in [0.2, 0.25) is 0 Å². The first kappa shape index (κ1) is 28.9. The molecule has 0 atom stereocenters. The van der Waals surface area contributed by atoms with E-state index >= 15 is 0 Å². The number of halogens is 2. The van der Waals surface area contributed by atoms with Crippen LogP contribution in [0.5, 0.6) is 5.75 Å². The highest BCUT2D eigenvalue weighted by Crippen LogP contribution is 2.29. The molecule has 12 heteroatoms. The zero-order chi connectivity index (χ0) is 29.8. The van der Waals surface area contributed by atoms with Gasteiger partial charge in [-0.15, -0.1) is 0 Å². The van der Waals surface area contributed by atoms with Crippen molar-refractivity contribution in [2.24, 2.45) is 5.92 Å². The summed E-state index contributed by atoms with van der Waals surface area (Å²) in [5.74, 6) is -2.02. The lowest BCUT2D eigenvalue weighted by atomic mass is 10.1. The van der Waals surface area contributed by atoms with Gasteiger partial charge in [0.25, 0.3) is 11.8 Å². The SMILES string of the molecule is COc1ccc(Cn2cc(NC(=O)c3c(F)cccc3F)c(-c3nc(C(=O)N4CCOCC4)c(CC(C)C)[nH]3)n2)cc1. The molecule has 0 bridgehead atoms. The monoisotopic (exact) mass is 578 g/mol. The van der Waals surface area contributed by atoms with Crippen LogP contribution in [0.4, 0.5) is 14.5 Å². The van der Waals surface area contributed by atoms with E-state index in [4.69, 9.17) is 9.47 Å². The van der Waals surface area contributed by atoms with Crippen molar-refractivity contribution in [3.8, 4) is 17.3 Å². The zero-order valence-electron chi connectivity index (χ0n) is 23.6. The number of hydrogen-bond donors (Lipinski definition) is 2. The van der Waals surface area contributed by atoms with Crippen molar-refractivity contribution in [3.63, 3.8) is 0 Å². The van der Waals surface area contributed by atoms with E-state index in [1.54, 1.807) is 22.9 Å². The Labute approximate surface area is 241 Å². The Morgan fingerprint density at radius 3 is 2.43 bits per heavy atom. The number of nitrogens with zero attached hydrogens (tertiary/aromatic N) is 4. The molecule has 0 aliphatic carbocycles. The zero-order valence-corrected chi connectivity index (χ0v) is 23.6. The average Bonchev–Trinajstić information content (AvgIpc) is 3.56. The van der Waals surface area contributed by atoms with E-state index in [9.17, 15) is 18.4 Å². The molecular formula is C30H32F2N6O4. The topological polar surface area (TPSA) is 114 Å². The summed E-state index contributed by atoms with van der Waals surface area (Å²) < 4.78 is 41.0. The Hall–Kier alpha value is -4.58. The van der Waals surface area contributed by atoms with Crippen LogP contribution in [0, 0.1) is 17.6 Å². The summed E-state index contributed by atoms with van der Waals surface area (Å²) in [6.07, 6.45) is 2.11. The number of morpholine rings is 1. The van der Waals surface area contributed by atoms with Crippen LogP contribution in [0.3, 0.4) is 0 Å². The molecule has 2 aromatic carbocycles. The number of aromatic amines is 1. The highest BCUT2D eigenvalue weighted by molar-refractivity contribution is 6.06. The van der Waals surface area contributed by atoms with Gasteiger partial charge in [-0.25, -0.2) is 13.8 Å². The van der Waals surface area contributed by atoms with Crippen LogP contribution in [0.25, 0.3) is 11.5 Å². The van der Waals surface area contributed by atoms with Gasteiger partial charge in [-0.05, 0) is 42.2 Å². The van der Waals surface area contributed by atoms with Crippen molar-refractivity contribution in [3.05, 3.63) is 82.8 Å². The number of benzene rings is 2. The number of H-pyrrole nitrogens is 1. The molecule has 0 radical (unpaired) electrons. The molecular weight excluding hydrogens is 546 g/mol. The van der Waals surface area contributed by atoms with Gasteiger partial charge in [0.1, 0.15) is 28.6 Å². The van der Waals surface area contributed by atoms with Gasteiger partial charge >= 0.3 is 0 Å². The number of carbonyl (C=O) groups excluding carboxylic acids is 2. The Morgan fingerprint density at radius 1 is 1.10 bits per heavy atom. The number of imidazole rings is 1. The molecule has 10 nitrogen and oxygen atoms in total. The van der Waals surface area contributed by atoms with E-state index in [0.29, 0.717) is 50.7 Å². The summed E-state index contributed by atoms with van der Waals surface area (Å²) >= 11 is 0. The van der Waals surface area contributed by atoms with Crippen LogP contribution < -0.4 is 10.1 Å². The second-order valence-electron chi connectivity index (χ2n) is 10.4. The minimum absolute atomic E-state index is 0.173. The summed E-state index contributed by atoms with van der Waals surface area (Å²) in [5, 5.41) is 7.26. The van der Waals surface area contributed by atoms with Crippen LogP contribution in [-0.2, 0) is 17.7 Å². The standard InChI is InChI=1S/C30H32F2N6O4/c1-18(2)15-23-27(30(40)37-11-13-42-14-12-37)35-28(33-23)26-24(34-29(39)25-21(31)5-4-6-22(25)32)17-38(36-26)16-19-7-9-20(41-3)10-8-19/h4-10,17-18H,11-16H2,1-3H3,(H,33,35)(H,34,39). The van der Waals surface area contributed by atoms with E-state index < -0.39 is 23.1 Å². The highest BCUT2D eigenvalue weighted by Gasteiger charge is 2.28. The fourth-order valence-corrected chi connectivity index (χ4v) is 4.76. The number of carbonyl (C=O) groups is 2. The van der Waals surface area contributed by atoms with E-state index in [1.165, 1.54) is 6.07 Å². The van der Waals surface area contributed by atoms with Crippen molar-refractivity contribution >= 4 is 17.5 Å². The van der Waals surface area contributed by atoms with Gasteiger partial charge in [0.05, 0.1) is 32.6 Å². The number of methoxy groups -OCH3 is 1. The Morgan fingerprint density at radius 2 is 1.79 bits per heavy atom. The number of nitrogens with one attached hydrogen (secondary N) is 2. The van der Waals surface area contributed by atoms with Gasteiger partial charge in [0, 0.05) is 25.0 Å². The third-order valence-electron chi connectivity index (χ3n) is 6.82. The quantitative estimate of drug-likeness (QED) is 0.302. The van der Waals surface area contributed by atoms with Crippen LogP contribution in [-0.4, -0.2) is 69.9 Å². The first-order valence-corrected chi connectivity index (χ1v) is 13.7. The molecule has 4 aromatic rings. The maximum atomic E-state index is 14.4. The van der Waals surface area contributed by atoms with Crippen molar-refractivity contribution in [1.29, 1.82) is 0 Å². The number of aromatic nitrogens is 4. The summed E-state index contributed by atoms with van der Waals surface area (Å²) in [6, 6.07) is 10.6. The molecule has 0 saturated carbocycles. The molecule has 2 amide bonds. The van der Waals surface area contributed by atoms with E-state index in [0.717, 1.165) is 17.7 Å². The number of amides is 2. The summed E-state index contributed by atoms with van der Waals surface area (Å²) in [4.78, 5) is 36.1. The first-order chi connectivity index (χ1) is 20.2. The molecule has 0 unspecified atom stereocenters. The van der Waals surface area contributed by atoms with Gasteiger partial charge in [-0.1, -0.05) is 32.0 Å². The normalized spacial score (nSPS) is 13.4. The number of hydrogen-bond acceptors (Lipinski definition) is 6. The predicted molar refractivity (Wildman–Crippen MR) is 151 cm³/mol. The molecule has 1 aliphatic heterocycles. The van der Waals surface area contributed by atoms with Crippen molar-refractivity contribution in [2.75, 3.05) is 38.7 Å². The Bertz CT molecular complexity index is 1550.